The number of hydrogen-bond acceptors (Lipinski definition) is 8. The lowest BCUT2D eigenvalue weighted by Crippen LogP contribution is -2.26. The van der Waals surface area contributed by atoms with Crippen molar-refractivity contribution in [2.24, 2.45) is 5.92 Å². The van der Waals surface area contributed by atoms with E-state index < -0.39 is 16.4 Å². The summed E-state index contributed by atoms with van der Waals surface area (Å²) in [7, 11) is -3.28. The van der Waals surface area contributed by atoms with Crippen molar-refractivity contribution in [1.82, 2.24) is 14.9 Å². The number of sulfone groups is 1. The number of hydrogen-bond donors (Lipinski definition) is 1. The molecule has 198 valence electrons. The lowest BCUT2D eigenvalue weighted by atomic mass is 10.0. The summed E-state index contributed by atoms with van der Waals surface area (Å²) in [6.45, 7) is 4.05. The van der Waals surface area contributed by atoms with Crippen molar-refractivity contribution >= 4 is 32.2 Å². The van der Waals surface area contributed by atoms with Crippen LogP contribution in [-0.2, 0) is 34.1 Å². The normalized spacial score (nSPS) is 15.8. The van der Waals surface area contributed by atoms with Gasteiger partial charge in [0.15, 0.2) is 15.0 Å². The van der Waals surface area contributed by atoms with Gasteiger partial charge in [-0.1, -0.05) is 32.9 Å². The number of carbonyl (C=O) groups excluding carboxylic acids is 1. The molecule has 0 fully saturated rings. The zero-order chi connectivity index (χ0) is 26.7. The SMILES string of the molecule is CCS(=O)(=O)c1ccc(CC(=O)Nc2nc3c(s2)CN(Cc2ccc(OC(F)F)cn2)[C@H]3C(C)C)cc1. The average Bonchev–Trinajstić information content (AvgIpc) is 3.36. The maximum Gasteiger partial charge on any atom is 0.387 e. The topological polar surface area (TPSA) is 101 Å². The van der Waals surface area contributed by atoms with Crippen LogP contribution in [-0.4, -0.2) is 41.6 Å². The fourth-order valence-corrected chi connectivity index (χ4v) is 6.25. The van der Waals surface area contributed by atoms with Crippen LogP contribution in [0, 0.1) is 5.92 Å². The first-order valence-electron chi connectivity index (χ1n) is 11.8. The summed E-state index contributed by atoms with van der Waals surface area (Å²) < 4.78 is 53.1. The van der Waals surface area contributed by atoms with Crippen LogP contribution in [0.25, 0.3) is 0 Å². The highest BCUT2D eigenvalue weighted by molar-refractivity contribution is 7.91. The first-order chi connectivity index (χ1) is 17.6. The van der Waals surface area contributed by atoms with Crippen LogP contribution in [0.1, 0.15) is 48.6 Å². The van der Waals surface area contributed by atoms with Gasteiger partial charge in [0.05, 0.1) is 40.7 Å². The van der Waals surface area contributed by atoms with E-state index in [4.69, 9.17) is 4.98 Å². The lowest BCUT2D eigenvalue weighted by Gasteiger charge is -2.27. The van der Waals surface area contributed by atoms with Gasteiger partial charge in [0.25, 0.3) is 0 Å². The van der Waals surface area contributed by atoms with Crippen LogP contribution in [0.15, 0.2) is 47.5 Å². The molecule has 3 aromatic rings. The van der Waals surface area contributed by atoms with E-state index >= 15 is 0 Å². The number of rotatable bonds is 10. The molecule has 3 heterocycles. The first kappa shape index (κ1) is 27.1. The van der Waals surface area contributed by atoms with Crippen molar-refractivity contribution in [3.63, 3.8) is 0 Å². The Labute approximate surface area is 218 Å². The minimum absolute atomic E-state index is 0.0173. The summed E-state index contributed by atoms with van der Waals surface area (Å²) in [5.41, 5.74) is 2.36. The summed E-state index contributed by atoms with van der Waals surface area (Å²) >= 11 is 1.43. The number of carbonyl (C=O) groups is 1. The monoisotopic (exact) mass is 550 g/mol. The molecule has 12 heteroatoms. The second-order valence-corrected chi connectivity index (χ2v) is 12.4. The van der Waals surface area contributed by atoms with Crippen LogP contribution >= 0.6 is 11.3 Å². The smallest absolute Gasteiger partial charge is 0.387 e. The Morgan fingerprint density at radius 2 is 1.95 bits per heavy atom. The van der Waals surface area contributed by atoms with E-state index in [-0.39, 0.29) is 40.7 Å². The molecule has 4 rings (SSSR count). The molecule has 8 nitrogen and oxygen atoms in total. The Kier molecular flexibility index (Phi) is 8.20. The highest BCUT2D eigenvalue weighted by atomic mass is 32.2. The molecule has 1 aromatic carbocycles. The predicted molar refractivity (Wildman–Crippen MR) is 136 cm³/mol. The zero-order valence-corrected chi connectivity index (χ0v) is 22.3. The molecule has 0 spiro atoms. The van der Waals surface area contributed by atoms with Gasteiger partial charge in [-0.15, -0.1) is 11.3 Å². The lowest BCUT2D eigenvalue weighted by molar-refractivity contribution is -0.115. The van der Waals surface area contributed by atoms with E-state index in [9.17, 15) is 22.0 Å². The minimum Gasteiger partial charge on any atom is -0.433 e. The van der Waals surface area contributed by atoms with Gasteiger partial charge in [-0.3, -0.25) is 14.7 Å². The van der Waals surface area contributed by atoms with Crippen molar-refractivity contribution in [3.05, 3.63) is 64.4 Å². The Morgan fingerprint density at radius 1 is 1.22 bits per heavy atom. The van der Waals surface area contributed by atoms with E-state index in [1.165, 1.54) is 35.7 Å². The highest BCUT2D eigenvalue weighted by Crippen LogP contribution is 2.43. The van der Waals surface area contributed by atoms with E-state index in [1.807, 2.05) is 0 Å². The first-order valence-corrected chi connectivity index (χ1v) is 14.3. The molecule has 0 unspecified atom stereocenters. The standard InChI is InChI=1S/C25H28F2N4O4S2/c1-4-37(33,34)19-9-5-16(6-10-19)11-21(32)29-25-30-22-20(36-25)14-31(23(22)15(2)3)13-17-7-8-18(12-28-17)35-24(26)27/h5-10,12,15,23-24H,4,11,13-14H2,1-3H3,(H,29,30,32)/t23-/m0/s1. The molecule has 1 aliphatic heterocycles. The van der Waals surface area contributed by atoms with Gasteiger partial charge < -0.3 is 10.1 Å². The van der Waals surface area contributed by atoms with Crippen molar-refractivity contribution in [2.75, 3.05) is 11.1 Å². The summed E-state index contributed by atoms with van der Waals surface area (Å²) in [5.74, 6) is 0.0526. The van der Waals surface area contributed by atoms with Gasteiger partial charge in [-0.25, -0.2) is 13.4 Å². The predicted octanol–water partition coefficient (Wildman–Crippen LogP) is 4.83. The Morgan fingerprint density at radius 3 is 2.54 bits per heavy atom. The Balaban J connectivity index is 1.39. The zero-order valence-electron chi connectivity index (χ0n) is 20.6. The van der Waals surface area contributed by atoms with Crippen molar-refractivity contribution in [1.29, 1.82) is 0 Å². The van der Waals surface area contributed by atoms with E-state index in [0.717, 1.165) is 16.3 Å². The molecular formula is C25H28F2N4O4S2. The largest absolute Gasteiger partial charge is 0.433 e. The second kappa shape index (κ2) is 11.2. The van der Waals surface area contributed by atoms with Crippen LogP contribution < -0.4 is 10.1 Å². The molecule has 2 aromatic heterocycles. The van der Waals surface area contributed by atoms with Crippen LogP contribution in [0.3, 0.4) is 0 Å². The fourth-order valence-electron chi connectivity index (χ4n) is 4.32. The number of nitrogens with zero attached hydrogens (tertiary/aromatic N) is 3. The van der Waals surface area contributed by atoms with E-state index in [2.05, 4.69) is 33.8 Å². The molecule has 1 N–H and O–H groups in total. The molecule has 1 aliphatic rings. The molecule has 0 aliphatic carbocycles. The van der Waals surface area contributed by atoms with Crippen LogP contribution in [0.4, 0.5) is 13.9 Å². The van der Waals surface area contributed by atoms with Crippen molar-refractivity contribution in [2.45, 2.75) is 57.8 Å². The van der Waals surface area contributed by atoms with Gasteiger partial charge in [0, 0.05) is 18.0 Å². The number of pyridine rings is 1. The fraction of sp³-hybridized carbons (Fsp3) is 0.400. The van der Waals surface area contributed by atoms with Crippen molar-refractivity contribution < 1.29 is 26.7 Å². The van der Waals surface area contributed by atoms with Gasteiger partial charge in [-0.05, 0) is 35.7 Å². The number of benzene rings is 1. The van der Waals surface area contributed by atoms with Crippen LogP contribution in [0.5, 0.6) is 5.75 Å². The summed E-state index contributed by atoms with van der Waals surface area (Å²) in [4.78, 5) is 25.1. The Hall–Kier alpha value is -2.96. The van der Waals surface area contributed by atoms with E-state index in [0.29, 0.717) is 23.8 Å². The number of alkyl halides is 2. The third-order valence-corrected chi connectivity index (χ3v) is 8.76. The quantitative estimate of drug-likeness (QED) is 0.386. The summed E-state index contributed by atoms with van der Waals surface area (Å²) in [6.07, 6.45) is 1.40. The van der Waals surface area contributed by atoms with Gasteiger partial charge in [0.2, 0.25) is 5.91 Å². The Bertz CT molecular complexity index is 1340. The third kappa shape index (κ3) is 6.49. The van der Waals surface area contributed by atoms with E-state index in [1.54, 1.807) is 25.1 Å². The molecule has 0 saturated carbocycles. The summed E-state index contributed by atoms with van der Waals surface area (Å²) in [5, 5.41) is 3.39. The van der Waals surface area contributed by atoms with Crippen molar-refractivity contribution in [3.8, 4) is 5.75 Å². The number of thiazole rings is 1. The molecule has 0 bridgehead atoms. The molecule has 1 atom stereocenters. The number of nitrogens with one attached hydrogen (secondary N) is 1. The number of anilines is 1. The van der Waals surface area contributed by atoms with Crippen LogP contribution in [0.2, 0.25) is 0 Å². The average molecular weight is 551 g/mol. The molecule has 0 saturated heterocycles. The van der Waals surface area contributed by atoms with Gasteiger partial charge in [-0.2, -0.15) is 8.78 Å². The molecule has 37 heavy (non-hydrogen) atoms. The molecule has 1 amide bonds. The number of amides is 1. The van der Waals surface area contributed by atoms with Gasteiger partial charge >= 0.3 is 6.61 Å². The third-order valence-electron chi connectivity index (χ3n) is 6.04. The van der Waals surface area contributed by atoms with Gasteiger partial charge in [0.1, 0.15) is 5.75 Å². The number of halogens is 2. The molecule has 0 radical (unpaired) electrons. The summed E-state index contributed by atoms with van der Waals surface area (Å²) in [6, 6.07) is 9.51. The maximum atomic E-state index is 12.6. The minimum atomic E-state index is -3.28. The maximum absolute atomic E-state index is 12.6. The number of ether oxygens (including phenoxy) is 1. The second-order valence-electron chi connectivity index (χ2n) is 9.06. The molecular weight excluding hydrogens is 522 g/mol. The highest BCUT2D eigenvalue weighted by Gasteiger charge is 2.36. The number of fused-ring (bicyclic) bond motifs is 1. The number of aromatic nitrogens is 2.